The van der Waals surface area contributed by atoms with Gasteiger partial charge in [-0.1, -0.05) is 44.5 Å². The van der Waals surface area contributed by atoms with E-state index >= 15 is 0 Å². The number of nitrogens with zero attached hydrogens (tertiary/aromatic N) is 4. The highest BCUT2D eigenvalue weighted by Crippen LogP contribution is 2.31. The van der Waals surface area contributed by atoms with E-state index in [0.29, 0.717) is 17.1 Å². The van der Waals surface area contributed by atoms with Gasteiger partial charge in [0.2, 0.25) is 0 Å². The van der Waals surface area contributed by atoms with Crippen LogP contribution in [0.3, 0.4) is 0 Å². The molecule has 0 atom stereocenters. The summed E-state index contributed by atoms with van der Waals surface area (Å²) in [5.74, 6) is 0.362. The third-order valence-corrected chi connectivity index (χ3v) is 5.48. The summed E-state index contributed by atoms with van der Waals surface area (Å²) in [5, 5.41) is 16.2. The van der Waals surface area contributed by atoms with Gasteiger partial charge < -0.3 is 9.84 Å². The first kappa shape index (κ1) is 19.2. The zero-order valence-corrected chi connectivity index (χ0v) is 18.0. The SMILES string of the molecule is Cc1c(C(=O)Nc2ccccc2)nnn1-c1ccc2noc(-c3ccc(Br)cc3)c2c1. The lowest BCUT2D eigenvalue weighted by atomic mass is 10.1. The van der Waals surface area contributed by atoms with E-state index in [1.54, 1.807) is 4.68 Å². The van der Waals surface area contributed by atoms with Gasteiger partial charge in [-0.05, 0) is 61.5 Å². The Morgan fingerprint density at radius 1 is 1.03 bits per heavy atom. The van der Waals surface area contributed by atoms with E-state index in [-0.39, 0.29) is 11.6 Å². The molecular weight excluding hydrogens is 458 g/mol. The van der Waals surface area contributed by atoms with Gasteiger partial charge in [0.25, 0.3) is 5.91 Å². The maximum absolute atomic E-state index is 12.7. The summed E-state index contributed by atoms with van der Waals surface area (Å²) < 4.78 is 8.22. The number of para-hydroxylation sites is 1. The van der Waals surface area contributed by atoms with Crippen LogP contribution in [0.4, 0.5) is 5.69 Å². The Morgan fingerprint density at radius 3 is 2.58 bits per heavy atom. The topological polar surface area (TPSA) is 85.8 Å². The second kappa shape index (κ2) is 7.81. The first-order chi connectivity index (χ1) is 15.1. The Labute approximate surface area is 185 Å². The van der Waals surface area contributed by atoms with E-state index in [1.165, 1.54) is 0 Å². The number of halogens is 1. The minimum Gasteiger partial charge on any atom is -0.355 e. The van der Waals surface area contributed by atoms with Crippen molar-refractivity contribution in [2.24, 2.45) is 0 Å². The van der Waals surface area contributed by atoms with Crippen LogP contribution in [0.2, 0.25) is 0 Å². The molecule has 0 saturated heterocycles. The molecule has 3 aromatic carbocycles. The molecule has 2 heterocycles. The quantitative estimate of drug-likeness (QED) is 0.377. The third kappa shape index (κ3) is 3.62. The summed E-state index contributed by atoms with van der Waals surface area (Å²) in [6.07, 6.45) is 0. The van der Waals surface area contributed by atoms with Gasteiger partial charge in [0.15, 0.2) is 11.5 Å². The molecule has 0 spiro atoms. The molecule has 0 radical (unpaired) electrons. The van der Waals surface area contributed by atoms with Crippen molar-refractivity contribution in [1.29, 1.82) is 0 Å². The molecule has 7 nitrogen and oxygen atoms in total. The van der Waals surface area contributed by atoms with Crippen LogP contribution < -0.4 is 5.32 Å². The number of carbonyl (C=O) groups is 1. The summed E-state index contributed by atoms with van der Waals surface area (Å²) in [6.45, 7) is 1.81. The minimum absolute atomic E-state index is 0.266. The zero-order valence-electron chi connectivity index (χ0n) is 16.4. The number of benzene rings is 3. The van der Waals surface area contributed by atoms with E-state index < -0.39 is 0 Å². The predicted molar refractivity (Wildman–Crippen MR) is 121 cm³/mol. The molecule has 31 heavy (non-hydrogen) atoms. The molecule has 0 fully saturated rings. The molecule has 5 aromatic rings. The van der Waals surface area contributed by atoms with Crippen LogP contribution in [0.25, 0.3) is 27.9 Å². The molecule has 2 aromatic heterocycles. The maximum atomic E-state index is 12.7. The highest BCUT2D eigenvalue weighted by atomic mass is 79.9. The van der Waals surface area contributed by atoms with Gasteiger partial charge in [0.1, 0.15) is 5.52 Å². The number of amides is 1. The number of hydrogen-bond donors (Lipinski definition) is 1. The van der Waals surface area contributed by atoms with Gasteiger partial charge in [0.05, 0.1) is 16.8 Å². The van der Waals surface area contributed by atoms with Crippen molar-refractivity contribution in [1.82, 2.24) is 20.2 Å². The molecule has 0 aliphatic carbocycles. The normalized spacial score (nSPS) is 11.0. The number of carbonyl (C=O) groups excluding carboxylic acids is 1. The van der Waals surface area contributed by atoms with Gasteiger partial charge in [-0.25, -0.2) is 4.68 Å². The first-order valence-corrected chi connectivity index (χ1v) is 10.3. The van der Waals surface area contributed by atoms with Gasteiger partial charge in [-0.2, -0.15) is 0 Å². The Morgan fingerprint density at radius 2 is 1.81 bits per heavy atom. The van der Waals surface area contributed by atoms with Gasteiger partial charge in [-0.15, -0.1) is 5.10 Å². The number of nitrogens with one attached hydrogen (secondary N) is 1. The second-order valence-electron chi connectivity index (χ2n) is 6.98. The lowest BCUT2D eigenvalue weighted by Gasteiger charge is -2.05. The van der Waals surface area contributed by atoms with E-state index in [4.69, 9.17) is 4.52 Å². The third-order valence-electron chi connectivity index (χ3n) is 4.95. The number of fused-ring (bicyclic) bond motifs is 1. The summed E-state index contributed by atoms with van der Waals surface area (Å²) in [4.78, 5) is 12.7. The molecule has 1 amide bonds. The summed E-state index contributed by atoms with van der Waals surface area (Å²) in [6, 6.07) is 22.7. The average Bonchev–Trinajstić information content (AvgIpc) is 3.38. The Kier molecular flexibility index (Phi) is 4.83. The molecule has 0 aliphatic heterocycles. The average molecular weight is 474 g/mol. The Balaban J connectivity index is 1.50. The number of hydrogen-bond acceptors (Lipinski definition) is 5. The van der Waals surface area contributed by atoms with E-state index in [0.717, 1.165) is 26.6 Å². The molecular formula is C23H16BrN5O2. The molecule has 0 aliphatic rings. The molecule has 8 heteroatoms. The number of aromatic nitrogens is 4. The van der Waals surface area contributed by atoms with Crippen molar-refractivity contribution >= 4 is 38.4 Å². The molecule has 0 unspecified atom stereocenters. The van der Waals surface area contributed by atoms with Crippen LogP contribution in [0.15, 0.2) is 81.8 Å². The van der Waals surface area contributed by atoms with Crippen LogP contribution in [0.1, 0.15) is 16.2 Å². The number of rotatable bonds is 4. The molecule has 152 valence electrons. The molecule has 0 saturated carbocycles. The second-order valence-corrected chi connectivity index (χ2v) is 7.89. The van der Waals surface area contributed by atoms with E-state index in [2.05, 4.69) is 36.7 Å². The number of anilines is 1. The summed E-state index contributed by atoms with van der Waals surface area (Å²) in [7, 11) is 0. The Bertz CT molecular complexity index is 1390. The van der Waals surface area contributed by atoms with Crippen LogP contribution in [0.5, 0.6) is 0 Å². The predicted octanol–water partition coefficient (Wildman–Crippen LogP) is 5.40. The van der Waals surface area contributed by atoms with Gasteiger partial charge >= 0.3 is 0 Å². The highest BCUT2D eigenvalue weighted by Gasteiger charge is 2.19. The molecule has 0 bridgehead atoms. The standard InChI is InChI=1S/C23H16BrN5O2/c1-14-21(23(30)25-17-5-3-2-4-6-17)26-28-29(14)18-11-12-20-19(13-18)22(31-27-20)15-7-9-16(24)10-8-15/h2-13H,1H3,(H,25,30). The van der Waals surface area contributed by atoms with E-state index in [1.807, 2.05) is 79.7 Å². The van der Waals surface area contributed by atoms with Gasteiger partial charge in [0, 0.05) is 15.7 Å². The largest absolute Gasteiger partial charge is 0.355 e. The monoisotopic (exact) mass is 473 g/mol. The highest BCUT2D eigenvalue weighted by molar-refractivity contribution is 9.10. The van der Waals surface area contributed by atoms with Crippen molar-refractivity contribution in [2.45, 2.75) is 6.92 Å². The fourth-order valence-electron chi connectivity index (χ4n) is 3.37. The summed E-state index contributed by atoms with van der Waals surface area (Å²) in [5.41, 5.74) is 4.02. The van der Waals surface area contributed by atoms with Crippen LogP contribution in [-0.2, 0) is 0 Å². The minimum atomic E-state index is -0.309. The van der Waals surface area contributed by atoms with Gasteiger partial charge in [-0.3, -0.25) is 4.79 Å². The van der Waals surface area contributed by atoms with Crippen LogP contribution in [-0.4, -0.2) is 26.1 Å². The fourth-order valence-corrected chi connectivity index (χ4v) is 3.63. The first-order valence-electron chi connectivity index (χ1n) is 9.54. The maximum Gasteiger partial charge on any atom is 0.278 e. The summed E-state index contributed by atoms with van der Waals surface area (Å²) >= 11 is 3.45. The lowest BCUT2D eigenvalue weighted by Crippen LogP contribution is -2.14. The lowest BCUT2D eigenvalue weighted by molar-refractivity contribution is 0.102. The zero-order chi connectivity index (χ0) is 21.4. The van der Waals surface area contributed by atoms with Crippen molar-refractivity contribution in [3.05, 3.63) is 88.7 Å². The Hall–Kier alpha value is -3.78. The van der Waals surface area contributed by atoms with Crippen molar-refractivity contribution in [3.63, 3.8) is 0 Å². The fraction of sp³-hybridized carbons (Fsp3) is 0.0435. The van der Waals surface area contributed by atoms with Crippen LogP contribution in [0, 0.1) is 6.92 Å². The van der Waals surface area contributed by atoms with E-state index in [9.17, 15) is 4.79 Å². The van der Waals surface area contributed by atoms with Crippen molar-refractivity contribution in [2.75, 3.05) is 5.32 Å². The van der Waals surface area contributed by atoms with Crippen molar-refractivity contribution < 1.29 is 9.32 Å². The van der Waals surface area contributed by atoms with Crippen molar-refractivity contribution in [3.8, 4) is 17.0 Å². The van der Waals surface area contributed by atoms with Crippen LogP contribution >= 0.6 is 15.9 Å². The smallest absolute Gasteiger partial charge is 0.278 e. The molecule has 1 N–H and O–H groups in total. The molecule has 5 rings (SSSR count).